The molecule has 8 heteroatoms. The fraction of sp³-hybridized carbons (Fsp3) is 0.769. The molecule has 0 radical (unpaired) electrons. The number of sulfonamides is 1. The van der Waals surface area contributed by atoms with Gasteiger partial charge in [0, 0.05) is 50.0 Å². The predicted molar refractivity (Wildman–Crippen MR) is 81.6 cm³/mol. The summed E-state index contributed by atoms with van der Waals surface area (Å²) in [6.45, 7) is 8.96. The molecule has 0 saturated carbocycles. The van der Waals surface area contributed by atoms with Crippen LogP contribution in [0.1, 0.15) is 25.1 Å². The Hall–Kier alpha value is -0.960. The number of rotatable bonds is 5. The van der Waals surface area contributed by atoms with E-state index < -0.39 is 10.0 Å². The average molecular weight is 315 g/mol. The molecule has 0 bridgehead atoms. The highest BCUT2D eigenvalue weighted by molar-refractivity contribution is 7.89. The molecule has 7 nitrogen and oxygen atoms in total. The van der Waals surface area contributed by atoms with Crippen LogP contribution in [0.25, 0.3) is 0 Å². The van der Waals surface area contributed by atoms with Crippen LogP contribution in [0.3, 0.4) is 0 Å². The summed E-state index contributed by atoms with van der Waals surface area (Å²) in [7, 11) is -1.52. The number of aryl methyl sites for hydroxylation is 1. The fourth-order valence-corrected chi connectivity index (χ4v) is 3.89. The monoisotopic (exact) mass is 315 g/mol. The predicted octanol–water partition coefficient (Wildman–Crippen LogP) is 0.152. The maximum atomic E-state index is 12.8. The van der Waals surface area contributed by atoms with Crippen molar-refractivity contribution in [1.82, 2.24) is 24.7 Å². The third kappa shape index (κ3) is 3.63. The average Bonchev–Trinajstić information content (AvgIpc) is 2.78. The normalized spacial score (nSPS) is 18.5. The Bertz CT molecular complexity index is 573. The van der Waals surface area contributed by atoms with E-state index in [1.54, 1.807) is 0 Å². The van der Waals surface area contributed by atoms with Crippen LogP contribution in [0.5, 0.6) is 0 Å². The molecule has 1 aliphatic rings. The highest BCUT2D eigenvalue weighted by atomic mass is 32.2. The van der Waals surface area contributed by atoms with Gasteiger partial charge in [-0.25, -0.2) is 8.42 Å². The molecule has 0 spiro atoms. The van der Waals surface area contributed by atoms with Crippen LogP contribution in [0.2, 0.25) is 0 Å². The second kappa shape index (κ2) is 6.43. The summed E-state index contributed by atoms with van der Waals surface area (Å²) in [4.78, 5) is 2.13. The van der Waals surface area contributed by atoms with Crippen molar-refractivity contribution in [3.63, 3.8) is 0 Å². The number of hydrogen-bond donors (Lipinski definition) is 2. The van der Waals surface area contributed by atoms with E-state index >= 15 is 0 Å². The number of likely N-dealkylation sites (N-methyl/N-ethyl adjacent to an activating group) is 1. The van der Waals surface area contributed by atoms with Gasteiger partial charge in [0.1, 0.15) is 0 Å². The number of piperazine rings is 1. The summed E-state index contributed by atoms with van der Waals surface area (Å²) in [6.07, 6.45) is 0. The number of nitrogens with one attached hydrogen (secondary N) is 2. The zero-order valence-electron chi connectivity index (χ0n) is 13.2. The number of nitrogens with zero attached hydrogens (tertiary/aromatic N) is 3. The molecule has 0 amide bonds. The third-order valence-electron chi connectivity index (χ3n) is 3.77. The fourth-order valence-electron chi connectivity index (χ4n) is 2.31. The van der Waals surface area contributed by atoms with E-state index in [1.165, 1.54) is 4.31 Å². The molecule has 0 aromatic carbocycles. The van der Waals surface area contributed by atoms with Crippen molar-refractivity contribution in [3.05, 3.63) is 11.3 Å². The van der Waals surface area contributed by atoms with Crippen molar-refractivity contribution in [1.29, 1.82) is 0 Å². The van der Waals surface area contributed by atoms with Gasteiger partial charge in [-0.3, -0.25) is 5.10 Å². The first kappa shape index (κ1) is 16.4. The number of aromatic amines is 1. The molecule has 2 rings (SSSR count). The molecular formula is C13H25N5O2S. The quantitative estimate of drug-likeness (QED) is 0.808. The number of H-pyrrole nitrogens is 1. The van der Waals surface area contributed by atoms with Gasteiger partial charge in [0.05, 0.1) is 0 Å². The lowest BCUT2D eigenvalue weighted by atomic mass is 10.2. The Labute approximate surface area is 126 Å². The number of aromatic nitrogens is 2. The van der Waals surface area contributed by atoms with Crippen LogP contribution in [-0.4, -0.2) is 67.1 Å². The molecule has 1 aliphatic heterocycles. The van der Waals surface area contributed by atoms with E-state index in [1.807, 2.05) is 27.8 Å². The van der Waals surface area contributed by atoms with Gasteiger partial charge in [-0.05, 0) is 14.0 Å². The Morgan fingerprint density at radius 2 is 1.90 bits per heavy atom. The molecule has 1 saturated heterocycles. The lowest BCUT2D eigenvalue weighted by molar-refractivity contribution is 0.222. The van der Waals surface area contributed by atoms with Crippen LogP contribution in [0.15, 0.2) is 5.03 Å². The van der Waals surface area contributed by atoms with E-state index in [4.69, 9.17) is 0 Å². The smallest absolute Gasteiger partial charge is 0.262 e. The molecule has 2 heterocycles. The largest absolute Gasteiger partial charge is 0.310 e. The summed E-state index contributed by atoms with van der Waals surface area (Å²) < 4.78 is 27.1. The second-order valence-electron chi connectivity index (χ2n) is 5.88. The van der Waals surface area contributed by atoms with E-state index in [0.29, 0.717) is 25.7 Å². The molecule has 0 unspecified atom stereocenters. The maximum absolute atomic E-state index is 12.8. The Balaban J connectivity index is 2.24. The van der Waals surface area contributed by atoms with Crippen LogP contribution in [-0.2, 0) is 16.6 Å². The summed E-state index contributed by atoms with van der Waals surface area (Å²) in [6, 6.07) is 0.290. The first-order chi connectivity index (χ1) is 9.82. The second-order valence-corrected chi connectivity index (χ2v) is 7.73. The zero-order valence-corrected chi connectivity index (χ0v) is 14.0. The molecule has 21 heavy (non-hydrogen) atoms. The van der Waals surface area contributed by atoms with Crippen LogP contribution in [0, 0.1) is 6.92 Å². The summed E-state index contributed by atoms with van der Waals surface area (Å²) >= 11 is 0. The van der Waals surface area contributed by atoms with Crippen molar-refractivity contribution < 1.29 is 8.42 Å². The molecule has 120 valence electrons. The standard InChI is InChI=1S/C13H25N5O2S/c1-10(2)14-9-12-11(3)15-16-13(12)21(19,20)18-7-5-17(4)6-8-18/h10,14H,5-9H2,1-4H3,(H,15,16). The molecular weight excluding hydrogens is 290 g/mol. The van der Waals surface area contributed by atoms with Crippen molar-refractivity contribution in [2.75, 3.05) is 33.2 Å². The Morgan fingerprint density at radius 3 is 2.48 bits per heavy atom. The Kier molecular flexibility index (Phi) is 5.03. The van der Waals surface area contributed by atoms with E-state index in [9.17, 15) is 8.42 Å². The highest BCUT2D eigenvalue weighted by Gasteiger charge is 2.32. The summed E-state index contributed by atoms with van der Waals surface area (Å²) in [5.41, 5.74) is 1.54. The minimum atomic E-state index is -3.52. The summed E-state index contributed by atoms with van der Waals surface area (Å²) in [5, 5.41) is 10.3. The molecule has 1 fully saturated rings. The molecule has 1 aromatic rings. The first-order valence-electron chi connectivity index (χ1n) is 7.28. The van der Waals surface area contributed by atoms with Gasteiger partial charge in [-0.2, -0.15) is 9.40 Å². The van der Waals surface area contributed by atoms with E-state index in [-0.39, 0.29) is 5.03 Å². The van der Waals surface area contributed by atoms with Crippen molar-refractivity contribution in [2.24, 2.45) is 0 Å². The van der Waals surface area contributed by atoms with Gasteiger partial charge in [-0.1, -0.05) is 13.8 Å². The lowest BCUT2D eigenvalue weighted by Crippen LogP contribution is -2.47. The molecule has 1 aromatic heterocycles. The lowest BCUT2D eigenvalue weighted by Gasteiger charge is -2.31. The zero-order chi connectivity index (χ0) is 15.6. The van der Waals surface area contributed by atoms with Gasteiger partial charge in [0.15, 0.2) is 5.03 Å². The van der Waals surface area contributed by atoms with Gasteiger partial charge in [0.25, 0.3) is 10.0 Å². The molecule has 0 aliphatic carbocycles. The van der Waals surface area contributed by atoms with Gasteiger partial charge < -0.3 is 10.2 Å². The van der Waals surface area contributed by atoms with E-state index in [0.717, 1.165) is 24.3 Å². The molecule has 2 N–H and O–H groups in total. The van der Waals surface area contributed by atoms with Gasteiger partial charge in [-0.15, -0.1) is 0 Å². The first-order valence-corrected chi connectivity index (χ1v) is 8.72. The van der Waals surface area contributed by atoms with Gasteiger partial charge in [0.2, 0.25) is 0 Å². The SMILES string of the molecule is Cc1[nH]nc(S(=O)(=O)N2CCN(C)CC2)c1CNC(C)C. The van der Waals surface area contributed by atoms with E-state index in [2.05, 4.69) is 20.4 Å². The molecule has 0 atom stereocenters. The van der Waals surface area contributed by atoms with Crippen molar-refractivity contribution in [3.8, 4) is 0 Å². The minimum absolute atomic E-state index is 0.165. The third-order valence-corrected chi connectivity index (χ3v) is 5.64. The summed E-state index contributed by atoms with van der Waals surface area (Å²) in [5.74, 6) is 0. The topological polar surface area (TPSA) is 81.3 Å². The Morgan fingerprint density at radius 1 is 1.29 bits per heavy atom. The number of hydrogen-bond acceptors (Lipinski definition) is 5. The van der Waals surface area contributed by atoms with Gasteiger partial charge >= 0.3 is 0 Å². The van der Waals surface area contributed by atoms with Crippen LogP contribution < -0.4 is 5.32 Å². The minimum Gasteiger partial charge on any atom is -0.310 e. The van der Waals surface area contributed by atoms with Crippen molar-refractivity contribution in [2.45, 2.75) is 38.4 Å². The highest BCUT2D eigenvalue weighted by Crippen LogP contribution is 2.21. The van der Waals surface area contributed by atoms with Crippen LogP contribution >= 0.6 is 0 Å². The van der Waals surface area contributed by atoms with Crippen LogP contribution in [0.4, 0.5) is 0 Å². The van der Waals surface area contributed by atoms with Crippen molar-refractivity contribution >= 4 is 10.0 Å². The maximum Gasteiger partial charge on any atom is 0.262 e.